The lowest BCUT2D eigenvalue weighted by Crippen LogP contribution is -2.28. The minimum absolute atomic E-state index is 0.164. The highest BCUT2D eigenvalue weighted by Gasteiger charge is 2.12. The number of amides is 1. The number of esters is 1. The van der Waals surface area contributed by atoms with Crippen molar-refractivity contribution in [3.63, 3.8) is 0 Å². The van der Waals surface area contributed by atoms with Crippen LogP contribution in [0.3, 0.4) is 0 Å². The average Bonchev–Trinajstić information content (AvgIpc) is 3.11. The second-order valence-corrected chi connectivity index (χ2v) is 13.5. The number of carboxylic acid groups (broad SMARTS) is 1. The van der Waals surface area contributed by atoms with Crippen LogP contribution in [0.4, 0.5) is 0 Å². The molecule has 0 spiro atoms. The van der Waals surface area contributed by atoms with Crippen LogP contribution in [0.5, 0.6) is 0 Å². The molecular formula is C45H75NO5. The molecule has 0 rings (SSSR count). The average molecular weight is 710 g/mol. The second kappa shape index (κ2) is 39.6. The number of carboxylic acids is 1. The van der Waals surface area contributed by atoms with Crippen LogP contribution in [0.15, 0.2) is 72.9 Å². The van der Waals surface area contributed by atoms with Gasteiger partial charge in [0.15, 0.2) is 0 Å². The van der Waals surface area contributed by atoms with Crippen molar-refractivity contribution in [3.05, 3.63) is 72.9 Å². The van der Waals surface area contributed by atoms with Crippen LogP contribution in [0.2, 0.25) is 0 Å². The van der Waals surface area contributed by atoms with Crippen LogP contribution in [0.1, 0.15) is 181 Å². The molecule has 1 atom stereocenters. The molecule has 0 aromatic carbocycles. The predicted octanol–water partition coefficient (Wildman–Crippen LogP) is 12.6. The summed E-state index contributed by atoms with van der Waals surface area (Å²) in [6.45, 7) is 4.05. The van der Waals surface area contributed by atoms with E-state index in [1.54, 1.807) is 0 Å². The fraction of sp³-hybridized carbons (Fsp3) is 0.667. The first kappa shape index (κ1) is 47.8. The molecule has 6 heteroatoms. The van der Waals surface area contributed by atoms with E-state index in [-0.39, 0.29) is 30.9 Å². The SMILES string of the molecule is CC/C=C\C/C=C\C/C=C\C/C=C\C/C=C\C(CCCCC(=O)NCC(=O)O)OC(=O)CCCCCCCCC/C=C\CCCCCCCCC. The van der Waals surface area contributed by atoms with E-state index in [9.17, 15) is 14.4 Å². The molecule has 1 unspecified atom stereocenters. The van der Waals surface area contributed by atoms with Gasteiger partial charge in [0.1, 0.15) is 12.6 Å². The van der Waals surface area contributed by atoms with Crippen molar-refractivity contribution >= 4 is 17.8 Å². The quantitative estimate of drug-likeness (QED) is 0.0384. The Morgan fingerprint density at radius 3 is 1.55 bits per heavy atom. The Bertz CT molecular complexity index is 1010. The van der Waals surface area contributed by atoms with Crippen LogP contribution < -0.4 is 5.32 Å². The Balaban J connectivity index is 4.27. The predicted molar refractivity (Wildman–Crippen MR) is 217 cm³/mol. The number of nitrogens with one attached hydrogen (secondary N) is 1. The minimum Gasteiger partial charge on any atom is -0.480 e. The molecule has 0 bridgehead atoms. The van der Waals surface area contributed by atoms with Crippen molar-refractivity contribution in [2.45, 2.75) is 187 Å². The summed E-state index contributed by atoms with van der Waals surface area (Å²) >= 11 is 0. The molecule has 0 aromatic rings. The van der Waals surface area contributed by atoms with E-state index in [1.165, 1.54) is 83.5 Å². The molecule has 1 amide bonds. The molecule has 0 fully saturated rings. The maximum absolute atomic E-state index is 12.7. The fourth-order valence-corrected chi connectivity index (χ4v) is 5.57. The summed E-state index contributed by atoms with van der Waals surface area (Å²) < 4.78 is 5.83. The van der Waals surface area contributed by atoms with E-state index in [1.807, 2.05) is 12.2 Å². The molecule has 0 aliphatic heterocycles. The number of hydrogen-bond acceptors (Lipinski definition) is 4. The topological polar surface area (TPSA) is 92.7 Å². The highest BCUT2D eigenvalue weighted by Crippen LogP contribution is 2.14. The maximum Gasteiger partial charge on any atom is 0.322 e. The van der Waals surface area contributed by atoms with Gasteiger partial charge in [-0.25, -0.2) is 0 Å². The lowest BCUT2D eigenvalue weighted by atomic mass is 10.1. The van der Waals surface area contributed by atoms with Gasteiger partial charge in [-0.05, 0) is 89.5 Å². The van der Waals surface area contributed by atoms with Crippen LogP contribution in [0.25, 0.3) is 0 Å². The molecule has 0 saturated carbocycles. The standard InChI is InChI=1S/C45H75NO5/c1-3-5-7-9-11-13-15-17-19-20-21-22-24-26-28-30-32-34-40-45(50)51-42(38-35-36-39-43(47)46-41-44(48)49)37-33-31-29-27-25-23-18-16-14-12-10-8-6-4-2/h6,8,12,14,18-20,23,27,29,33,37,42H,3-5,7,9-11,13,15-17,21-22,24-26,28,30-32,34-36,38-41H2,1-2H3,(H,46,47)(H,48,49)/b8-6-,14-12-,20-19-,23-18-,29-27-,37-33-. The highest BCUT2D eigenvalue weighted by atomic mass is 16.5. The normalized spacial score (nSPS) is 12.8. The molecule has 2 N–H and O–H groups in total. The van der Waals surface area contributed by atoms with E-state index in [4.69, 9.17) is 9.84 Å². The smallest absolute Gasteiger partial charge is 0.322 e. The highest BCUT2D eigenvalue weighted by molar-refractivity contribution is 5.80. The van der Waals surface area contributed by atoms with Crippen LogP contribution >= 0.6 is 0 Å². The van der Waals surface area contributed by atoms with Crippen molar-refractivity contribution in [2.24, 2.45) is 0 Å². The number of carbonyl (C=O) groups is 3. The zero-order valence-electron chi connectivity index (χ0n) is 32.7. The Morgan fingerprint density at radius 2 is 1.02 bits per heavy atom. The second-order valence-electron chi connectivity index (χ2n) is 13.5. The van der Waals surface area contributed by atoms with E-state index < -0.39 is 5.97 Å². The monoisotopic (exact) mass is 710 g/mol. The van der Waals surface area contributed by atoms with Gasteiger partial charge in [-0.3, -0.25) is 14.4 Å². The molecule has 0 aliphatic carbocycles. The van der Waals surface area contributed by atoms with E-state index in [0.29, 0.717) is 25.7 Å². The van der Waals surface area contributed by atoms with Gasteiger partial charge in [0.05, 0.1) is 0 Å². The summed E-state index contributed by atoms with van der Waals surface area (Å²) in [7, 11) is 0. The third-order valence-electron chi connectivity index (χ3n) is 8.60. The van der Waals surface area contributed by atoms with Crippen LogP contribution in [-0.4, -0.2) is 35.6 Å². The Labute approximate surface area is 313 Å². The van der Waals surface area contributed by atoms with Gasteiger partial charge in [0.2, 0.25) is 5.91 Å². The molecule has 51 heavy (non-hydrogen) atoms. The minimum atomic E-state index is -1.05. The lowest BCUT2D eigenvalue weighted by molar-refractivity contribution is -0.147. The molecule has 290 valence electrons. The fourth-order valence-electron chi connectivity index (χ4n) is 5.57. The summed E-state index contributed by atoms with van der Waals surface area (Å²) in [6.07, 6.45) is 53.2. The summed E-state index contributed by atoms with van der Waals surface area (Å²) in [5.41, 5.74) is 0. The van der Waals surface area contributed by atoms with Crippen molar-refractivity contribution in [3.8, 4) is 0 Å². The maximum atomic E-state index is 12.7. The molecule has 0 aromatic heterocycles. The first-order valence-corrected chi connectivity index (χ1v) is 20.6. The Hall–Kier alpha value is -3.15. The van der Waals surface area contributed by atoms with Crippen molar-refractivity contribution in [2.75, 3.05) is 6.54 Å². The van der Waals surface area contributed by atoms with Gasteiger partial charge in [-0.2, -0.15) is 0 Å². The summed E-state index contributed by atoms with van der Waals surface area (Å²) in [5, 5.41) is 11.1. The van der Waals surface area contributed by atoms with E-state index in [0.717, 1.165) is 51.4 Å². The van der Waals surface area contributed by atoms with Crippen LogP contribution in [-0.2, 0) is 19.1 Å². The number of hydrogen-bond donors (Lipinski definition) is 2. The molecule has 0 saturated heterocycles. The van der Waals surface area contributed by atoms with Crippen molar-refractivity contribution in [1.29, 1.82) is 0 Å². The van der Waals surface area contributed by atoms with Gasteiger partial charge in [0.25, 0.3) is 0 Å². The molecule has 0 aliphatic rings. The number of unbranched alkanes of at least 4 members (excludes halogenated alkanes) is 15. The first-order chi connectivity index (χ1) is 25.0. The van der Waals surface area contributed by atoms with Gasteiger partial charge >= 0.3 is 11.9 Å². The Morgan fingerprint density at radius 1 is 0.549 bits per heavy atom. The third kappa shape index (κ3) is 39.5. The van der Waals surface area contributed by atoms with Gasteiger partial charge in [0, 0.05) is 12.8 Å². The van der Waals surface area contributed by atoms with Crippen molar-refractivity contribution < 1.29 is 24.2 Å². The van der Waals surface area contributed by atoms with E-state index >= 15 is 0 Å². The van der Waals surface area contributed by atoms with Gasteiger partial charge in [-0.15, -0.1) is 0 Å². The number of aliphatic carboxylic acids is 1. The third-order valence-corrected chi connectivity index (χ3v) is 8.60. The van der Waals surface area contributed by atoms with Gasteiger partial charge < -0.3 is 15.2 Å². The zero-order chi connectivity index (χ0) is 37.3. The largest absolute Gasteiger partial charge is 0.480 e. The molecule has 0 radical (unpaired) electrons. The lowest BCUT2D eigenvalue weighted by Gasteiger charge is -2.14. The Kier molecular flexibility index (Phi) is 37.2. The number of rotatable bonds is 36. The van der Waals surface area contributed by atoms with Gasteiger partial charge in [-0.1, -0.05) is 151 Å². The number of carbonyl (C=O) groups excluding carboxylic acids is 2. The van der Waals surface area contributed by atoms with Crippen LogP contribution in [0, 0.1) is 0 Å². The molecule has 0 heterocycles. The number of ether oxygens (including phenoxy) is 1. The molecule has 6 nitrogen and oxygen atoms in total. The first-order valence-electron chi connectivity index (χ1n) is 20.6. The summed E-state index contributed by atoms with van der Waals surface area (Å²) in [5.74, 6) is -1.49. The summed E-state index contributed by atoms with van der Waals surface area (Å²) in [6, 6.07) is 0. The summed E-state index contributed by atoms with van der Waals surface area (Å²) in [4.78, 5) is 35.1. The molecular weight excluding hydrogens is 634 g/mol. The van der Waals surface area contributed by atoms with Crippen molar-refractivity contribution in [1.82, 2.24) is 5.32 Å². The number of allylic oxidation sites excluding steroid dienone is 11. The zero-order valence-corrected chi connectivity index (χ0v) is 32.7. The van der Waals surface area contributed by atoms with E-state index in [2.05, 4.69) is 79.9 Å².